The second-order valence-electron chi connectivity index (χ2n) is 3.50. The van der Waals surface area contributed by atoms with E-state index in [-0.39, 0.29) is 5.92 Å². The molecule has 1 aliphatic carbocycles. The lowest BCUT2D eigenvalue weighted by molar-refractivity contribution is 0.518. The zero-order chi connectivity index (χ0) is 9.26. The van der Waals surface area contributed by atoms with Crippen LogP contribution in [-0.2, 0) is 19.4 Å². The highest BCUT2D eigenvalue weighted by atomic mass is 15.3. The van der Waals surface area contributed by atoms with Gasteiger partial charge in [0.15, 0.2) is 0 Å². The number of rotatable bonds is 1. The van der Waals surface area contributed by atoms with Crippen LogP contribution in [0, 0.1) is 17.2 Å². The minimum absolute atomic E-state index is 0.203. The van der Waals surface area contributed by atoms with Crippen molar-refractivity contribution in [2.45, 2.75) is 32.7 Å². The minimum Gasteiger partial charge on any atom is -0.270 e. The highest BCUT2D eigenvalue weighted by molar-refractivity contribution is 5.23. The van der Waals surface area contributed by atoms with E-state index in [0.717, 1.165) is 25.8 Å². The van der Waals surface area contributed by atoms with Gasteiger partial charge in [-0.1, -0.05) is 0 Å². The molecule has 3 heteroatoms. The maximum absolute atomic E-state index is 8.84. The largest absolute Gasteiger partial charge is 0.270 e. The fourth-order valence-corrected chi connectivity index (χ4v) is 1.94. The van der Waals surface area contributed by atoms with E-state index in [4.69, 9.17) is 5.26 Å². The van der Waals surface area contributed by atoms with Gasteiger partial charge in [-0.15, -0.1) is 0 Å². The second-order valence-corrected chi connectivity index (χ2v) is 3.50. The standard InChI is InChI=1S/C10H13N3/c1-2-13-10-5-8(6-11)3-4-9(10)7-12-13/h7-8H,2-5H2,1H3/t8-/m1/s1. The minimum atomic E-state index is 0.203. The van der Waals surface area contributed by atoms with Crippen molar-refractivity contribution < 1.29 is 0 Å². The molecule has 1 heterocycles. The normalized spacial score (nSPS) is 20.8. The summed E-state index contributed by atoms with van der Waals surface area (Å²) in [6.45, 7) is 3.00. The number of fused-ring (bicyclic) bond motifs is 1. The number of hydrogen-bond donors (Lipinski definition) is 0. The van der Waals surface area contributed by atoms with Crippen LogP contribution in [0.4, 0.5) is 0 Å². The molecular weight excluding hydrogens is 162 g/mol. The van der Waals surface area contributed by atoms with Gasteiger partial charge in [0.1, 0.15) is 0 Å². The lowest BCUT2D eigenvalue weighted by atomic mass is 9.89. The molecule has 0 saturated carbocycles. The third-order valence-electron chi connectivity index (χ3n) is 2.72. The van der Waals surface area contributed by atoms with Gasteiger partial charge in [-0.25, -0.2) is 0 Å². The van der Waals surface area contributed by atoms with E-state index in [1.165, 1.54) is 11.3 Å². The molecule has 1 aliphatic rings. The van der Waals surface area contributed by atoms with Crippen molar-refractivity contribution in [3.05, 3.63) is 17.5 Å². The quantitative estimate of drug-likeness (QED) is 0.649. The van der Waals surface area contributed by atoms with Gasteiger partial charge in [-0.3, -0.25) is 4.68 Å². The van der Waals surface area contributed by atoms with Crippen LogP contribution in [0.1, 0.15) is 24.6 Å². The zero-order valence-corrected chi connectivity index (χ0v) is 7.82. The van der Waals surface area contributed by atoms with E-state index in [0.29, 0.717) is 0 Å². The number of hydrogen-bond acceptors (Lipinski definition) is 2. The molecule has 0 saturated heterocycles. The van der Waals surface area contributed by atoms with Crippen LogP contribution in [0.25, 0.3) is 0 Å². The summed E-state index contributed by atoms with van der Waals surface area (Å²) >= 11 is 0. The van der Waals surface area contributed by atoms with Crippen molar-refractivity contribution >= 4 is 0 Å². The van der Waals surface area contributed by atoms with Crippen molar-refractivity contribution in [1.82, 2.24) is 9.78 Å². The molecule has 1 atom stereocenters. The van der Waals surface area contributed by atoms with E-state index in [9.17, 15) is 0 Å². The molecule has 0 aromatic carbocycles. The van der Waals surface area contributed by atoms with Crippen LogP contribution in [-0.4, -0.2) is 9.78 Å². The van der Waals surface area contributed by atoms with Gasteiger partial charge in [0, 0.05) is 18.7 Å². The molecule has 0 unspecified atom stereocenters. The molecule has 1 aromatic heterocycles. The Morgan fingerprint density at radius 2 is 2.62 bits per heavy atom. The molecule has 0 radical (unpaired) electrons. The van der Waals surface area contributed by atoms with Gasteiger partial charge in [0.05, 0.1) is 18.2 Å². The van der Waals surface area contributed by atoms with Crippen molar-refractivity contribution in [3.8, 4) is 6.07 Å². The van der Waals surface area contributed by atoms with Gasteiger partial charge in [-0.05, 0) is 25.3 Å². The summed E-state index contributed by atoms with van der Waals surface area (Å²) in [5, 5.41) is 13.1. The molecule has 13 heavy (non-hydrogen) atoms. The monoisotopic (exact) mass is 175 g/mol. The van der Waals surface area contributed by atoms with Gasteiger partial charge < -0.3 is 0 Å². The van der Waals surface area contributed by atoms with Crippen LogP contribution in [0.15, 0.2) is 6.20 Å². The molecule has 0 N–H and O–H groups in total. The lowest BCUT2D eigenvalue weighted by Gasteiger charge is -2.17. The summed E-state index contributed by atoms with van der Waals surface area (Å²) in [5.41, 5.74) is 2.62. The van der Waals surface area contributed by atoms with Gasteiger partial charge in [0.25, 0.3) is 0 Å². The van der Waals surface area contributed by atoms with Crippen LogP contribution < -0.4 is 0 Å². The Hall–Kier alpha value is -1.30. The highest BCUT2D eigenvalue weighted by Crippen LogP contribution is 2.24. The number of nitriles is 1. The number of aromatic nitrogens is 2. The van der Waals surface area contributed by atoms with E-state index in [2.05, 4.69) is 18.1 Å². The Labute approximate surface area is 78.0 Å². The number of aryl methyl sites for hydroxylation is 2. The van der Waals surface area contributed by atoms with Crippen molar-refractivity contribution in [2.24, 2.45) is 5.92 Å². The third-order valence-corrected chi connectivity index (χ3v) is 2.72. The van der Waals surface area contributed by atoms with Crippen molar-refractivity contribution in [2.75, 3.05) is 0 Å². The maximum atomic E-state index is 8.84. The Balaban J connectivity index is 2.31. The van der Waals surface area contributed by atoms with E-state index in [1.54, 1.807) is 0 Å². The second kappa shape index (κ2) is 3.21. The smallest absolute Gasteiger partial charge is 0.0659 e. The van der Waals surface area contributed by atoms with Crippen LogP contribution >= 0.6 is 0 Å². The first-order valence-corrected chi connectivity index (χ1v) is 4.78. The van der Waals surface area contributed by atoms with Crippen LogP contribution in [0.3, 0.4) is 0 Å². The Morgan fingerprint density at radius 3 is 3.31 bits per heavy atom. The summed E-state index contributed by atoms with van der Waals surface area (Å²) in [5.74, 6) is 0.203. The van der Waals surface area contributed by atoms with Crippen LogP contribution in [0.2, 0.25) is 0 Å². The molecule has 3 nitrogen and oxygen atoms in total. The van der Waals surface area contributed by atoms with Gasteiger partial charge in [0.2, 0.25) is 0 Å². The molecule has 0 fully saturated rings. The highest BCUT2D eigenvalue weighted by Gasteiger charge is 2.21. The predicted octanol–water partition coefficient (Wildman–Crippen LogP) is 1.53. The molecule has 0 aliphatic heterocycles. The number of nitrogens with zero attached hydrogens (tertiary/aromatic N) is 3. The average molecular weight is 175 g/mol. The van der Waals surface area contributed by atoms with Gasteiger partial charge in [-0.2, -0.15) is 10.4 Å². The summed E-state index contributed by atoms with van der Waals surface area (Å²) in [4.78, 5) is 0. The van der Waals surface area contributed by atoms with Crippen molar-refractivity contribution in [1.29, 1.82) is 5.26 Å². The fraction of sp³-hybridized carbons (Fsp3) is 0.600. The van der Waals surface area contributed by atoms with Crippen LogP contribution in [0.5, 0.6) is 0 Å². The third kappa shape index (κ3) is 1.33. The first-order chi connectivity index (χ1) is 6.35. The molecule has 0 amide bonds. The summed E-state index contributed by atoms with van der Waals surface area (Å²) in [6.07, 6.45) is 4.86. The fourth-order valence-electron chi connectivity index (χ4n) is 1.94. The Bertz CT molecular complexity index is 332. The van der Waals surface area contributed by atoms with Crippen molar-refractivity contribution in [3.63, 3.8) is 0 Å². The topological polar surface area (TPSA) is 41.6 Å². The van der Waals surface area contributed by atoms with E-state index in [1.807, 2.05) is 10.9 Å². The molecule has 1 aromatic rings. The molecule has 2 rings (SSSR count). The lowest BCUT2D eigenvalue weighted by Crippen LogP contribution is -2.15. The molecular formula is C10H13N3. The summed E-state index contributed by atoms with van der Waals surface area (Å²) in [7, 11) is 0. The molecule has 0 spiro atoms. The maximum Gasteiger partial charge on any atom is 0.0659 e. The first-order valence-electron chi connectivity index (χ1n) is 4.78. The van der Waals surface area contributed by atoms with E-state index < -0.39 is 0 Å². The van der Waals surface area contributed by atoms with E-state index >= 15 is 0 Å². The Morgan fingerprint density at radius 1 is 1.77 bits per heavy atom. The average Bonchev–Trinajstić information content (AvgIpc) is 2.59. The van der Waals surface area contributed by atoms with Gasteiger partial charge >= 0.3 is 0 Å². The SMILES string of the molecule is CCn1ncc2c1C[C@H](C#N)CC2. The molecule has 68 valence electrons. The Kier molecular flexibility index (Phi) is 2.05. The summed E-state index contributed by atoms with van der Waals surface area (Å²) < 4.78 is 2.01. The summed E-state index contributed by atoms with van der Waals surface area (Å²) in [6, 6.07) is 2.34. The first kappa shape index (κ1) is 8.31. The predicted molar refractivity (Wildman–Crippen MR) is 49.0 cm³/mol. The zero-order valence-electron chi connectivity index (χ0n) is 7.82. The molecule has 0 bridgehead atoms.